The average Bonchev–Trinajstić information content (AvgIpc) is 2.54. The highest BCUT2D eigenvalue weighted by Crippen LogP contribution is 2.27. The number of carbonyl (C=O) groups is 3. The van der Waals surface area contributed by atoms with Crippen LogP contribution in [0.2, 0.25) is 0 Å². The Morgan fingerprint density at radius 1 is 1.09 bits per heavy atom. The van der Waals surface area contributed by atoms with Gasteiger partial charge in [-0.2, -0.15) is 0 Å². The van der Waals surface area contributed by atoms with E-state index in [1.807, 2.05) is 6.08 Å². The zero-order valence-corrected chi connectivity index (χ0v) is 12.2. The Balaban J connectivity index is 2.20. The van der Waals surface area contributed by atoms with Crippen LogP contribution in [0.3, 0.4) is 0 Å². The predicted molar refractivity (Wildman–Crippen MR) is 81.5 cm³/mol. The van der Waals surface area contributed by atoms with Crippen molar-refractivity contribution in [2.24, 2.45) is 11.8 Å². The standard InChI is InChI=1S/C16H18N2O4/c1-17-14(19)12-8-4-5-9-13(12)18-15(20)10-6-2-3-7-11(10)16(21)22/h2-5,8-11H,6-7H2,1H3,(H,17,19)(H,18,20)(H,21,22)/t10-,11-/m0/s1. The molecule has 0 spiro atoms. The normalized spacial score (nSPS) is 20.2. The van der Waals surface area contributed by atoms with Gasteiger partial charge in [-0.3, -0.25) is 14.4 Å². The summed E-state index contributed by atoms with van der Waals surface area (Å²) in [5, 5.41) is 14.4. The Hall–Kier alpha value is -2.63. The van der Waals surface area contributed by atoms with Gasteiger partial charge < -0.3 is 15.7 Å². The summed E-state index contributed by atoms with van der Waals surface area (Å²) >= 11 is 0. The molecule has 1 aromatic carbocycles. The van der Waals surface area contributed by atoms with E-state index in [2.05, 4.69) is 10.6 Å². The number of nitrogens with one attached hydrogen (secondary N) is 2. The van der Waals surface area contributed by atoms with Crippen LogP contribution in [-0.4, -0.2) is 29.9 Å². The summed E-state index contributed by atoms with van der Waals surface area (Å²) in [6.45, 7) is 0. The Morgan fingerprint density at radius 2 is 1.73 bits per heavy atom. The zero-order valence-electron chi connectivity index (χ0n) is 12.2. The van der Waals surface area contributed by atoms with Crippen molar-refractivity contribution >= 4 is 23.5 Å². The maximum Gasteiger partial charge on any atom is 0.307 e. The number of para-hydroxylation sites is 1. The fourth-order valence-corrected chi connectivity index (χ4v) is 2.53. The number of carboxylic acid groups (broad SMARTS) is 1. The number of carbonyl (C=O) groups excluding carboxylic acids is 2. The average molecular weight is 302 g/mol. The molecule has 3 N–H and O–H groups in total. The summed E-state index contributed by atoms with van der Waals surface area (Å²) in [4.78, 5) is 35.5. The summed E-state index contributed by atoms with van der Waals surface area (Å²) in [7, 11) is 1.51. The first-order chi connectivity index (χ1) is 10.5. The molecule has 22 heavy (non-hydrogen) atoms. The molecule has 0 aromatic heterocycles. The van der Waals surface area contributed by atoms with Crippen molar-refractivity contribution in [3.63, 3.8) is 0 Å². The van der Waals surface area contributed by atoms with Crippen LogP contribution >= 0.6 is 0 Å². The van der Waals surface area contributed by atoms with Gasteiger partial charge in [0.1, 0.15) is 0 Å². The third-order valence-corrected chi connectivity index (χ3v) is 3.74. The number of anilines is 1. The van der Waals surface area contributed by atoms with E-state index in [9.17, 15) is 19.5 Å². The quantitative estimate of drug-likeness (QED) is 0.737. The van der Waals surface area contributed by atoms with Gasteiger partial charge in [0.25, 0.3) is 5.91 Å². The van der Waals surface area contributed by atoms with E-state index in [0.29, 0.717) is 24.1 Å². The maximum atomic E-state index is 12.4. The molecule has 0 unspecified atom stereocenters. The third-order valence-electron chi connectivity index (χ3n) is 3.74. The largest absolute Gasteiger partial charge is 0.481 e. The smallest absolute Gasteiger partial charge is 0.307 e. The number of rotatable bonds is 4. The fraction of sp³-hybridized carbons (Fsp3) is 0.312. The van der Waals surface area contributed by atoms with Crippen LogP contribution in [0.15, 0.2) is 36.4 Å². The van der Waals surface area contributed by atoms with Crippen LogP contribution in [0.4, 0.5) is 5.69 Å². The van der Waals surface area contributed by atoms with Crippen LogP contribution in [0.1, 0.15) is 23.2 Å². The van der Waals surface area contributed by atoms with Crippen molar-refractivity contribution in [3.05, 3.63) is 42.0 Å². The highest BCUT2D eigenvalue weighted by atomic mass is 16.4. The number of hydrogen-bond donors (Lipinski definition) is 3. The Labute approximate surface area is 128 Å². The highest BCUT2D eigenvalue weighted by molar-refractivity contribution is 6.04. The first-order valence-electron chi connectivity index (χ1n) is 7.04. The minimum Gasteiger partial charge on any atom is -0.481 e. The first-order valence-corrected chi connectivity index (χ1v) is 7.04. The molecular weight excluding hydrogens is 284 g/mol. The molecule has 2 amide bonds. The molecule has 0 aliphatic heterocycles. The molecule has 0 radical (unpaired) electrons. The Kier molecular flexibility index (Phi) is 4.93. The molecule has 0 fully saturated rings. The maximum absolute atomic E-state index is 12.4. The number of carboxylic acids is 1. The summed E-state index contributed by atoms with van der Waals surface area (Å²) < 4.78 is 0. The van der Waals surface area contributed by atoms with E-state index < -0.39 is 17.8 Å². The van der Waals surface area contributed by atoms with Crippen LogP contribution < -0.4 is 10.6 Å². The molecule has 0 bridgehead atoms. The molecule has 0 saturated heterocycles. The number of hydrogen-bond acceptors (Lipinski definition) is 3. The number of amides is 2. The molecule has 2 atom stereocenters. The zero-order chi connectivity index (χ0) is 16.1. The molecule has 116 valence electrons. The monoisotopic (exact) mass is 302 g/mol. The van der Waals surface area contributed by atoms with Crippen molar-refractivity contribution < 1.29 is 19.5 Å². The van der Waals surface area contributed by atoms with E-state index in [0.717, 1.165) is 0 Å². The highest BCUT2D eigenvalue weighted by Gasteiger charge is 2.34. The lowest BCUT2D eigenvalue weighted by Crippen LogP contribution is -2.35. The van der Waals surface area contributed by atoms with Crippen LogP contribution in [0.25, 0.3) is 0 Å². The van der Waals surface area contributed by atoms with Crippen molar-refractivity contribution in [2.75, 3.05) is 12.4 Å². The van der Waals surface area contributed by atoms with Gasteiger partial charge in [0, 0.05) is 7.05 Å². The van der Waals surface area contributed by atoms with Gasteiger partial charge in [-0.1, -0.05) is 24.3 Å². The minimum absolute atomic E-state index is 0.311. The van der Waals surface area contributed by atoms with Gasteiger partial charge in [-0.25, -0.2) is 0 Å². The van der Waals surface area contributed by atoms with Gasteiger partial charge in [0.2, 0.25) is 5.91 Å². The topological polar surface area (TPSA) is 95.5 Å². The lowest BCUT2D eigenvalue weighted by Gasteiger charge is -2.24. The van der Waals surface area contributed by atoms with Crippen LogP contribution in [0, 0.1) is 11.8 Å². The SMILES string of the molecule is CNC(=O)c1ccccc1NC(=O)[C@H]1CC=CC[C@@H]1C(=O)O. The molecule has 1 aliphatic carbocycles. The third kappa shape index (κ3) is 3.33. The van der Waals surface area contributed by atoms with Crippen LogP contribution in [0.5, 0.6) is 0 Å². The van der Waals surface area contributed by atoms with E-state index in [1.54, 1.807) is 30.3 Å². The molecule has 6 heteroatoms. The second-order valence-electron chi connectivity index (χ2n) is 5.11. The minimum atomic E-state index is -0.982. The van der Waals surface area contributed by atoms with Crippen molar-refractivity contribution in [3.8, 4) is 0 Å². The van der Waals surface area contributed by atoms with E-state index in [1.165, 1.54) is 7.05 Å². The van der Waals surface area contributed by atoms with Crippen molar-refractivity contribution in [1.29, 1.82) is 0 Å². The summed E-state index contributed by atoms with van der Waals surface area (Å²) in [5.41, 5.74) is 0.724. The first kappa shape index (κ1) is 15.8. The van der Waals surface area contributed by atoms with Gasteiger partial charge in [0.15, 0.2) is 0 Å². The molecule has 2 rings (SSSR count). The molecule has 0 heterocycles. The van der Waals surface area contributed by atoms with E-state index in [-0.39, 0.29) is 11.8 Å². The summed E-state index contributed by atoms with van der Waals surface area (Å²) in [6.07, 6.45) is 4.31. The lowest BCUT2D eigenvalue weighted by molar-refractivity contribution is -0.146. The molecule has 0 saturated carbocycles. The van der Waals surface area contributed by atoms with Gasteiger partial charge in [-0.15, -0.1) is 0 Å². The fourth-order valence-electron chi connectivity index (χ4n) is 2.53. The second kappa shape index (κ2) is 6.89. The van der Waals surface area contributed by atoms with Gasteiger partial charge in [0.05, 0.1) is 23.1 Å². The molecule has 6 nitrogen and oxygen atoms in total. The van der Waals surface area contributed by atoms with Gasteiger partial charge >= 0.3 is 5.97 Å². The lowest BCUT2D eigenvalue weighted by atomic mass is 9.82. The number of allylic oxidation sites excluding steroid dienone is 2. The van der Waals surface area contributed by atoms with E-state index >= 15 is 0 Å². The van der Waals surface area contributed by atoms with Crippen LogP contribution in [-0.2, 0) is 9.59 Å². The number of benzene rings is 1. The Morgan fingerprint density at radius 3 is 2.36 bits per heavy atom. The van der Waals surface area contributed by atoms with E-state index in [4.69, 9.17) is 0 Å². The molecular formula is C16H18N2O4. The Bertz CT molecular complexity index is 624. The van der Waals surface area contributed by atoms with Gasteiger partial charge in [-0.05, 0) is 25.0 Å². The van der Waals surface area contributed by atoms with Crippen molar-refractivity contribution in [1.82, 2.24) is 5.32 Å². The number of aliphatic carboxylic acids is 1. The second-order valence-corrected chi connectivity index (χ2v) is 5.11. The summed E-state index contributed by atoms with van der Waals surface area (Å²) in [5.74, 6) is -3.05. The molecule has 1 aliphatic rings. The predicted octanol–water partition coefficient (Wildman–Crippen LogP) is 1.65. The van der Waals surface area contributed by atoms with Crippen molar-refractivity contribution in [2.45, 2.75) is 12.8 Å². The summed E-state index contributed by atoms with van der Waals surface area (Å²) in [6, 6.07) is 6.63. The molecule has 1 aromatic rings.